The molecule has 0 radical (unpaired) electrons. The number of phosphoric ester groups is 1. The summed E-state index contributed by atoms with van der Waals surface area (Å²) in [6.45, 7) is 2.71. The summed E-state index contributed by atoms with van der Waals surface area (Å²) in [5, 5.41) is 8.91. The Kier molecular flexibility index (Phi) is 41.7. The predicted octanol–water partition coefficient (Wildman–Crippen LogP) is 13.2. The van der Waals surface area contributed by atoms with Crippen LogP contribution in [0, 0.1) is 0 Å². The maximum atomic E-state index is 12.7. The Morgan fingerprint density at radius 2 is 0.933 bits per heavy atom. The zero-order chi connectivity index (χ0) is 44.2. The van der Waals surface area contributed by atoms with E-state index in [1.807, 2.05) is 0 Å². The fraction of sp³-hybridized carbons (Fsp3) is 0.812. The number of ether oxygens (including phenoxy) is 2. The lowest BCUT2D eigenvalue weighted by Crippen LogP contribution is -2.34. The Hall–Kier alpha value is -2.30. The normalized spacial score (nSPS) is 13.9. The van der Waals surface area contributed by atoms with Gasteiger partial charge in [0.2, 0.25) is 0 Å². The molecule has 0 aliphatic heterocycles. The van der Waals surface area contributed by atoms with E-state index < -0.39 is 51.1 Å². The molecule has 4 N–H and O–H groups in total. The van der Waals surface area contributed by atoms with Crippen LogP contribution in [0.2, 0.25) is 0 Å². The minimum absolute atomic E-state index is 0.151. The number of aliphatic carboxylic acids is 1. The van der Waals surface area contributed by atoms with Gasteiger partial charge in [0.15, 0.2) is 6.10 Å². The Morgan fingerprint density at radius 3 is 1.40 bits per heavy atom. The first kappa shape index (κ1) is 57.7. The summed E-state index contributed by atoms with van der Waals surface area (Å²) in [5.41, 5.74) is 5.34. The van der Waals surface area contributed by atoms with Crippen LogP contribution in [0.3, 0.4) is 0 Å². The van der Waals surface area contributed by atoms with Gasteiger partial charge < -0.3 is 25.2 Å². The summed E-state index contributed by atoms with van der Waals surface area (Å²) >= 11 is 0. The molecule has 0 saturated carbocycles. The van der Waals surface area contributed by atoms with E-state index >= 15 is 0 Å². The SMILES string of the molecule is CC/C=C\C/C=C\C/C=C\CCCCCCCCCC(=O)OC(COC(=O)CCCCCCCCCCCCCCCCCCCCC)COP(=O)(O)OCC(N)C(=O)O. The number of esters is 2. The summed E-state index contributed by atoms with van der Waals surface area (Å²) in [6, 6.07) is -1.52. The van der Waals surface area contributed by atoms with Crippen LogP contribution < -0.4 is 5.73 Å². The molecule has 0 fully saturated rings. The zero-order valence-electron chi connectivity index (χ0n) is 38.1. The molecule has 0 spiro atoms. The van der Waals surface area contributed by atoms with Gasteiger partial charge >= 0.3 is 25.7 Å². The number of hydrogen-bond acceptors (Lipinski definition) is 9. The van der Waals surface area contributed by atoms with Crippen molar-refractivity contribution < 1.29 is 47.5 Å². The highest BCUT2D eigenvalue weighted by Gasteiger charge is 2.28. The lowest BCUT2D eigenvalue weighted by Gasteiger charge is -2.20. The van der Waals surface area contributed by atoms with Crippen molar-refractivity contribution in [1.29, 1.82) is 0 Å². The van der Waals surface area contributed by atoms with Crippen molar-refractivity contribution in [2.75, 3.05) is 19.8 Å². The van der Waals surface area contributed by atoms with Crippen molar-refractivity contribution in [2.45, 2.75) is 231 Å². The number of carbonyl (C=O) groups is 3. The summed E-state index contributed by atoms with van der Waals surface area (Å²) < 4.78 is 32.8. The zero-order valence-corrected chi connectivity index (χ0v) is 38.9. The van der Waals surface area contributed by atoms with Gasteiger partial charge in [0.25, 0.3) is 0 Å². The lowest BCUT2D eigenvalue weighted by atomic mass is 10.0. The molecule has 0 aromatic rings. The maximum absolute atomic E-state index is 12.7. The van der Waals surface area contributed by atoms with Gasteiger partial charge in [-0.25, -0.2) is 4.57 Å². The third-order valence-electron chi connectivity index (χ3n) is 10.4. The van der Waals surface area contributed by atoms with E-state index in [9.17, 15) is 23.8 Å². The third-order valence-corrected chi connectivity index (χ3v) is 11.4. The van der Waals surface area contributed by atoms with Crippen LogP contribution in [-0.4, -0.2) is 59.9 Å². The fourth-order valence-electron chi connectivity index (χ4n) is 6.67. The maximum Gasteiger partial charge on any atom is 0.472 e. The largest absolute Gasteiger partial charge is 0.480 e. The van der Waals surface area contributed by atoms with Crippen LogP contribution >= 0.6 is 7.82 Å². The minimum Gasteiger partial charge on any atom is -0.480 e. The number of phosphoric acid groups is 1. The predicted molar refractivity (Wildman–Crippen MR) is 245 cm³/mol. The number of rotatable bonds is 45. The number of carboxylic acid groups (broad SMARTS) is 1. The van der Waals surface area contributed by atoms with Crippen LogP contribution in [-0.2, 0) is 37.5 Å². The van der Waals surface area contributed by atoms with Crippen LogP contribution in [0.25, 0.3) is 0 Å². The third kappa shape index (κ3) is 42.4. The average Bonchev–Trinajstić information content (AvgIpc) is 3.22. The minimum atomic E-state index is -4.72. The first-order valence-corrected chi connectivity index (χ1v) is 25.5. The molecule has 0 amide bonds. The van der Waals surface area contributed by atoms with Crippen molar-refractivity contribution in [3.63, 3.8) is 0 Å². The van der Waals surface area contributed by atoms with Crippen molar-refractivity contribution in [2.24, 2.45) is 5.73 Å². The number of nitrogens with two attached hydrogens (primary N) is 1. The van der Waals surface area contributed by atoms with Crippen molar-refractivity contribution in [3.05, 3.63) is 36.5 Å². The van der Waals surface area contributed by atoms with E-state index in [0.717, 1.165) is 77.0 Å². The molecule has 0 bridgehead atoms. The molecule has 11 nitrogen and oxygen atoms in total. The molecule has 0 aliphatic rings. The highest BCUT2D eigenvalue weighted by atomic mass is 31.2. The number of carboxylic acids is 1. The smallest absolute Gasteiger partial charge is 0.472 e. The topological polar surface area (TPSA) is 172 Å². The van der Waals surface area contributed by atoms with Gasteiger partial charge in [-0.1, -0.05) is 198 Å². The second-order valence-corrected chi connectivity index (χ2v) is 17.7. The molecule has 3 unspecified atom stereocenters. The molecule has 0 rings (SSSR count). The van der Waals surface area contributed by atoms with E-state index in [2.05, 4.69) is 54.8 Å². The van der Waals surface area contributed by atoms with E-state index in [-0.39, 0.29) is 19.4 Å². The van der Waals surface area contributed by atoms with Crippen LogP contribution in [0.4, 0.5) is 0 Å². The molecular formula is C48H88NO10P. The van der Waals surface area contributed by atoms with Gasteiger partial charge in [-0.15, -0.1) is 0 Å². The molecule has 12 heteroatoms. The monoisotopic (exact) mass is 870 g/mol. The van der Waals surface area contributed by atoms with Crippen molar-refractivity contribution in [1.82, 2.24) is 0 Å². The Morgan fingerprint density at radius 1 is 0.533 bits per heavy atom. The Bertz CT molecular complexity index is 1160. The van der Waals surface area contributed by atoms with Crippen molar-refractivity contribution in [3.8, 4) is 0 Å². The number of unbranched alkanes of at least 4 members (excludes halogenated alkanes) is 25. The van der Waals surface area contributed by atoms with Crippen LogP contribution in [0.15, 0.2) is 36.5 Å². The Balaban J connectivity index is 4.27. The summed E-state index contributed by atoms with van der Waals surface area (Å²) in [7, 11) is -4.72. The van der Waals surface area contributed by atoms with Crippen LogP contribution in [0.5, 0.6) is 0 Å². The quantitative estimate of drug-likeness (QED) is 0.0230. The van der Waals surface area contributed by atoms with Crippen molar-refractivity contribution >= 4 is 25.7 Å². The molecule has 0 aromatic carbocycles. The van der Waals surface area contributed by atoms with E-state index in [4.69, 9.17) is 24.8 Å². The second-order valence-electron chi connectivity index (χ2n) is 16.2. The van der Waals surface area contributed by atoms with Gasteiger partial charge in [-0.2, -0.15) is 0 Å². The number of carbonyl (C=O) groups excluding carboxylic acids is 2. The molecule has 3 atom stereocenters. The summed E-state index contributed by atoms with van der Waals surface area (Å²) in [4.78, 5) is 46.1. The standard InChI is InChI=1S/C48H88NO10P/c1-3-5-7-9-11-13-15-17-19-21-22-24-25-27-29-31-33-35-37-39-46(50)56-41-44(42-57-60(54,55)58-43-45(49)48(52)53)59-47(51)40-38-36-34-32-30-28-26-23-20-18-16-14-12-10-8-6-4-2/h6,8,12,14,18,20,44-45H,3-5,7,9-11,13,15-17,19,21-43,49H2,1-2H3,(H,52,53)(H,54,55)/b8-6-,14-12-,20-18-. The van der Waals surface area contributed by atoms with E-state index in [1.165, 1.54) is 103 Å². The number of allylic oxidation sites excluding steroid dienone is 6. The molecule has 60 heavy (non-hydrogen) atoms. The van der Waals surface area contributed by atoms with Gasteiger partial charge in [0, 0.05) is 12.8 Å². The summed E-state index contributed by atoms with van der Waals surface area (Å²) in [5.74, 6) is -2.38. The Labute approximate surface area is 365 Å². The van der Waals surface area contributed by atoms with Crippen LogP contribution in [0.1, 0.15) is 219 Å². The fourth-order valence-corrected chi connectivity index (χ4v) is 7.45. The van der Waals surface area contributed by atoms with Gasteiger partial charge in [-0.05, 0) is 44.9 Å². The highest BCUT2D eigenvalue weighted by Crippen LogP contribution is 2.43. The molecule has 0 aromatic heterocycles. The summed E-state index contributed by atoms with van der Waals surface area (Å²) in [6.07, 6.45) is 47.8. The van der Waals surface area contributed by atoms with E-state index in [1.54, 1.807) is 0 Å². The molecule has 0 saturated heterocycles. The van der Waals surface area contributed by atoms with Gasteiger partial charge in [-0.3, -0.25) is 23.4 Å². The molecule has 0 heterocycles. The molecule has 350 valence electrons. The highest BCUT2D eigenvalue weighted by molar-refractivity contribution is 7.47. The average molecular weight is 870 g/mol. The number of hydrogen-bond donors (Lipinski definition) is 3. The second kappa shape index (κ2) is 43.4. The first-order chi connectivity index (χ1) is 29.1. The molecular weight excluding hydrogens is 781 g/mol. The van der Waals surface area contributed by atoms with Gasteiger partial charge in [0.1, 0.15) is 12.6 Å². The van der Waals surface area contributed by atoms with E-state index in [0.29, 0.717) is 12.8 Å². The lowest BCUT2D eigenvalue weighted by molar-refractivity contribution is -0.161. The molecule has 0 aliphatic carbocycles. The van der Waals surface area contributed by atoms with Gasteiger partial charge in [0.05, 0.1) is 13.2 Å². The first-order valence-electron chi connectivity index (χ1n) is 24.0.